The van der Waals surface area contributed by atoms with Crippen LogP contribution in [0.2, 0.25) is 0 Å². The van der Waals surface area contributed by atoms with Crippen molar-refractivity contribution < 1.29 is 0 Å². The maximum atomic E-state index is 4.40. The molecule has 1 atom stereocenters. The molecule has 2 rings (SSSR count). The van der Waals surface area contributed by atoms with E-state index in [9.17, 15) is 0 Å². The molecule has 19 heavy (non-hydrogen) atoms. The summed E-state index contributed by atoms with van der Waals surface area (Å²) in [5.74, 6) is 0.939. The molecular formula is C16H27N3. The van der Waals surface area contributed by atoms with Crippen LogP contribution in [-0.4, -0.2) is 25.1 Å². The van der Waals surface area contributed by atoms with Crippen LogP contribution in [0.5, 0.6) is 0 Å². The standard InChI is InChI=1S/C16H27N3/c1-3-5-14-6-4-10-19(11-8-14)16-7-9-18-15(12-16)13-17-2/h7,9,12,14,17H,3-6,8,10-11,13H2,1-2H3. The van der Waals surface area contributed by atoms with Crippen LogP contribution >= 0.6 is 0 Å². The van der Waals surface area contributed by atoms with E-state index in [1.165, 1.54) is 50.9 Å². The van der Waals surface area contributed by atoms with E-state index in [2.05, 4.69) is 34.3 Å². The number of rotatable bonds is 5. The summed E-state index contributed by atoms with van der Waals surface area (Å²) < 4.78 is 0. The number of anilines is 1. The molecule has 2 heterocycles. The minimum Gasteiger partial charge on any atom is -0.371 e. The molecule has 0 spiro atoms. The molecule has 0 saturated carbocycles. The van der Waals surface area contributed by atoms with Crippen molar-refractivity contribution in [2.24, 2.45) is 5.92 Å². The summed E-state index contributed by atoms with van der Waals surface area (Å²) in [7, 11) is 1.97. The lowest BCUT2D eigenvalue weighted by atomic mass is 9.96. The van der Waals surface area contributed by atoms with Crippen LogP contribution in [0.4, 0.5) is 5.69 Å². The van der Waals surface area contributed by atoms with E-state index >= 15 is 0 Å². The lowest BCUT2D eigenvalue weighted by Gasteiger charge is -2.23. The Balaban J connectivity index is 1.99. The smallest absolute Gasteiger partial charge is 0.0562 e. The number of pyridine rings is 1. The van der Waals surface area contributed by atoms with Crippen molar-refractivity contribution >= 4 is 5.69 Å². The van der Waals surface area contributed by atoms with Gasteiger partial charge in [0.25, 0.3) is 0 Å². The van der Waals surface area contributed by atoms with Gasteiger partial charge in [-0.25, -0.2) is 0 Å². The quantitative estimate of drug-likeness (QED) is 0.882. The van der Waals surface area contributed by atoms with Gasteiger partial charge in [0.1, 0.15) is 0 Å². The first-order chi connectivity index (χ1) is 9.33. The summed E-state index contributed by atoms with van der Waals surface area (Å²) >= 11 is 0. The van der Waals surface area contributed by atoms with Crippen molar-refractivity contribution in [3.8, 4) is 0 Å². The minimum atomic E-state index is 0.847. The summed E-state index contributed by atoms with van der Waals surface area (Å²) in [6.07, 6.45) is 8.74. The summed E-state index contributed by atoms with van der Waals surface area (Å²) in [5.41, 5.74) is 2.48. The van der Waals surface area contributed by atoms with Gasteiger partial charge in [-0.1, -0.05) is 19.8 Å². The van der Waals surface area contributed by atoms with Crippen molar-refractivity contribution in [1.29, 1.82) is 0 Å². The highest BCUT2D eigenvalue weighted by Crippen LogP contribution is 2.25. The van der Waals surface area contributed by atoms with E-state index in [0.717, 1.165) is 18.2 Å². The molecule has 0 bridgehead atoms. The zero-order valence-electron chi connectivity index (χ0n) is 12.4. The van der Waals surface area contributed by atoms with Crippen LogP contribution in [0.25, 0.3) is 0 Å². The molecule has 0 aromatic carbocycles. The van der Waals surface area contributed by atoms with Crippen molar-refractivity contribution in [2.45, 2.75) is 45.6 Å². The molecule has 3 heteroatoms. The Morgan fingerprint density at radius 3 is 3.05 bits per heavy atom. The van der Waals surface area contributed by atoms with Gasteiger partial charge < -0.3 is 10.2 Å². The number of nitrogens with one attached hydrogen (secondary N) is 1. The van der Waals surface area contributed by atoms with Gasteiger partial charge in [-0.05, 0) is 44.4 Å². The molecule has 1 aromatic heterocycles. The van der Waals surface area contributed by atoms with Crippen LogP contribution in [0.15, 0.2) is 18.3 Å². The Hall–Kier alpha value is -1.09. The van der Waals surface area contributed by atoms with Crippen molar-refractivity contribution in [3.05, 3.63) is 24.0 Å². The third-order valence-corrected chi connectivity index (χ3v) is 4.07. The van der Waals surface area contributed by atoms with Crippen LogP contribution in [0.1, 0.15) is 44.7 Å². The molecule has 1 fully saturated rings. The Bertz CT molecular complexity index is 378. The SMILES string of the molecule is CCCC1CCCN(c2ccnc(CNC)c2)CC1. The molecule has 0 radical (unpaired) electrons. The average Bonchev–Trinajstić information content (AvgIpc) is 2.66. The Morgan fingerprint density at radius 1 is 1.37 bits per heavy atom. The van der Waals surface area contributed by atoms with Gasteiger partial charge in [0, 0.05) is 31.5 Å². The van der Waals surface area contributed by atoms with Crippen LogP contribution in [0, 0.1) is 5.92 Å². The molecule has 1 N–H and O–H groups in total. The summed E-state index contributed by atoms with van der Waals surface area (Å²) in [6, 6.07) is 4.38. The maximum absolute atomic E-state index is 4.40. The number of hydrogen-bond acceptors (Lipinski definition) is 3. The largest absolute Gasteiger partial charge is 0.371 e. The molecule has 106 valence electrons. The molecule has 1 aromatic rings. The molecule has 1 saturated heterocycles. The molecule has 3 nitrogen and oxygen atoms in total. The normalized spacial score (nSPS) is 20.3. The third-order valence-electron chi connectivity index (χ3n) is 4.07. The highest BCUT2D eigenvalue weighted by Gasteiger charge is 2.16. The van der Waals surface area contributed by atoms with E-state index < -0.39 is 0 Å². The minimum absolute atomic E-state index is 0.847. The first-order valence-corrected chi connectivity index (χ1v) is 7.68. The van der Waals surface area contributed by atoms with E-state index in [4.69, 9.17) is 0 Å². The Kier molecular flexibility index (Phi) is 5.64. The van der Waals surface area contributed by atoms with Gasteiger partial charge in [-0.3, -0.25) is 4.98 Å². The zero-order valence-corrected chi connectivity index (χ0v) is 12.4. The lowest BCUT2D eigenvalue weighted by molar-refractivity contribution is 0.435. The number of nitrogens with zero attached hydrogens (tertiary/aromatic N) is 2. The van der Waals surface area contributed by atoms with E-state index in [1.807, 2.05) is 13.2 Å². The fraction of sp³-hybridized carbons (Fsp3) is 0.688. The third kappa shape index (κ3) is 4.20. The van der Waals surface area contributed by atoms with Gasteiger partial charge in [-0.2, -0.15) is 0 Å². The predicted octanol–water partition coefficient (Wildman–Crippen LogP) is 3.21. The topological polar surface area (TPSA) is 28.2 Å². The van der Waals surface area contributed by atoms with Crippen LogP contribution in [0.3, 0.4) is 0 Å². The van der Waals surface area contributed by atoms with Gasteiger partial charge in [0.05, 0.1) is 5.69 Å². The van der Waals surface area contributed by atoms with Crippen molar-refractivity contribution in [2.75, 3.05) is 25.0 Å². The van der Waals surface area contributed by atoms with Crippen LogP contribution < -0.4 is 10.2 Å². The lowest BCUT2D eigenvalue weighted by Crippen LogP contribution is -2.24. The fourth-order valence-electron chi connectivity index (χ4n) is 3.06. The van der Waals surface area contributed by atoms with Crippen molar-refractivity contribution in [3.63, 3.8) is 0 Å². The average molecular weight is 261 g/mol. The van der Waals surface area contributed by atoms with Gasteiger partial charge in [0.2, 0.25) is 0 Å². The van der Waals surface area contributed by atoms with Crippen molar-refractivity contribution in [1.82, 2.24) is 10.3 Å². The molecule has 0 amide bonds. The molecule has 0 aliphatic carbocycles. The maximum Gasteiger partial charge on any atom is 0.0562 e. The fourth-order valence-corrected chi connectivity index (χ4v) is 3.06. The number of hydrogen-bond donors (Lipinski definition) is 1. The predicted molar refractivity (Wildman–Crippen MR) is 81.5 cm³/mol. The molecule has 1 aliphatic heterocycles. The molecule has 1 aliphatic rings. The second-order valence-corrected chi connectivity index (χ2v) is 5.61. The summed E-state index contributed by atoms with van der Waals surface area (Å²) in [5, 5.41) is 3.17. The molecular weight excluding hydrogens is 234 g/mol. The molecule has 1 unspecified atom stereocenters. The summed E-state index contributed by atoms with van der Waals surface area (Å²) in [4.78, 5) is 6.94. The second-order valence-electron chi connectivity index (χ2n) is 5.61. The van der Waals surface area contributed by atoms with Gasteiger partial charge >= 0.3 is 0 Å². The zero-order chi connectivity index (χ0) is 13.5. The first-order valence-electron chi connectivity index (χ1n) is 7.68. The van der Waals surface area contributed by atoms with E-state index in [1.54, 1.807) is 0 Å². The Morgan fingerprint density at radius 2 is 2.26 bits per heavy atom. The van der Waals surface area contributed by atoms with Gasteiger partial charge in [-0.15, -0.1) is 0 Å². The first kappa shape index (κ1) is 14.3. The van der Waals surface area contributed by atoms with Crippen LogP contribution in [-0.2, 0) is 6.54 Å². The highest BCUT2D eigenvalue weighted by molar-refractivity contribution is 5.46. The summed E-state index contributed by atoms with van der Waals surface area (Å²) in [6.45, 7) is 5.55. The highest BCUT2D eigenvalue weighted by atomic mass is 15.1. The monoisotopic (exact) mass is 261 g/mol. The second kappa shape index (κ2) is 7.49. The Labute approximate surface area is 117 Å². The van der Waals surface area contributed by atoms with E-state index in [0.29, 0.717) is 0 Å². The van der Waals surface area contributed by atoms with Gasteiger partial charge in [0.15, 0.2) is 0 Å². The van der Waals surface area contributed by atoms with E-state index in [-0.39, 0.29) is 0 Å². The number of aromatic nitrogens is 1.